The van der Waals surface area contributed by atoms with E-state index in [1.807, 2.05) is 0 Å². The Labute approximate surface area is 247 Å². The summed E-state index contributed by atoms with van der Waals surface area (Å²) in [7, 11) is 0. The van der Waals surface area contributed by atoms with Crippen molar-refractivity contribution in [3.05, 3.63) is 129 Å². The highest BCUT2D eigenvalue weighted by atomic mass is 35.5. The maximum Gasteiger partial charge on any atom is 0.416 e. The predicted molar refractivity (Wildman–Crippen MR) is 148 cm³/mol. The van der Waals surface area contributed by atoms with Crippen LogP contribution in [0.3, 0.4) is 0 Å². The molecule has 0 aliphatic rings. The molecule has 2 heterocycles. The van der Waals surface area contributed by atoms with E-state index in [0.717, 1.165) is 0 Å². The first-order chi connectivity index (χ1) is 20.4. The van der Waals surface area contributed by atoms with Crippen molar-refractivity contribution in [3.63, 3.8) is 0 Å². The van der Waals surface area contributed by atoms with E-state index < -0.39 is 29.4 Å². The molecule has 6 nitrogen and oxygen atoms in total. The van der Waals surface area contributed by atoms with Crippen LogP contribution in [0.5, 0.6) is 0 Å². The van der Waals surface area contributed by atoms with E-state index in [0.29, 0.717) is 33.8 Å². The van der Waals surface area contributed by atoms with Gasteiger partial charge >= 0.3 is 12.4 Å². The second-order valence-corrected chi connectivity index (χ2v) is 9.87. The van der Waals surface area contributed by atoms with Gasteiger partial charge < -0.3 is 10.4 Å². The van der Waals surface area contributed by atoms with Crippen LogP contribution in [0.25, 0.3) is 11.4 Å². The Morgan fingerprint density at radius 1 is 0.884 bits per heavy atom. The van der Waals surface area contributed by atoms with Crippen molar-refractivity contribution < 1.29 is 36.8 Å². The highest BCUT2D eigenvalue weighted by Gasteiger charge is 2.37. The zero-order valence-electron chi connectivity index (χ0n) is 22.3. The van der Waals surface area contributed by atoms with Crippen LogP contribution in [0.15, 0.2) is 90.4 Å². The van der Waals surface area contributed by atoms with E-state index >= 15 is 0 Å². The number of aliphatic hydroxyl groups excluding tert-OH is 1. The molecule has 0 radical (unpaired) electrons. The molecular weight excluding hydrogens is 596 g/mol. The molecule has 1 atom stereocenters. The number of hydrogen-bond donors (Lipinski definition) is 3. The van der Waals surface area contributed by atoms with Gasteiger partial charge in [-0.15, -0.1) is 0 Å². The van der Waals surface area contributed by atoms with Crippen LogP contribution in [0.2, 0.25) is 5.02 Å². The van der Waals surface area contributed by atoms with Crippen LogP contribution < -0.4 is 5.32 Å². The monoisotopic (exact) mass is 620 g/mol. The summed E-state index contributed by atoms with van der Waals surface area (Å²) >= 11 is 6.49. The fourth-order valence-electron chi connectivity index (χ4n) is 4.74. The first-order valence-electron chi connectivity index (χ1n) is 12.9. The highest BCUT2D eigenvalue weighted by Crippen LogP contribution is 2.38. The Bertz CT molecular complexity index is 1580. The molecule has 0 amide bonds. The van der Waals surface area contributed by atoms with E-state index in [-0.39, 0.29) is 48.3 Å². The first-order valence-corrected chi connectivity index (χ1v) is 13.3. The Morgan fingerprint density at radius 2 is 1.51 bits per heavy atom. The summed E-state index contributed by atoms with van der Waals surface area (Å²) in [6, 6.07) is 15.0. The summed E-state index contributed by atoms with van der Waals surface area (Å²) in [4.78, 5) is 8.45. The molecule has 2 aromatic carbocycles. The minimum absolute atomic E-state index is 0.0137. The number of aromatic nitrogens is 2. The number of nitrogens with zero attached hydrogens (tertiary/aromatic N) is 3. The normalized spacial score (nSPS) is 13.4. The average molecular weight is 621 g/mol. The number of nitrogens with one attached hydrogen (secondary N) is 1. The summed E-state index contributed by atoms with van der Waals surface area (Å²) in [6.45, 7) is -0.557. The number of rotatable bonds is 10. The van der Waals surface area contributed by atoms with Gasteiger partial charge in [-0.25, -0.2) is 5.53 Å². The largest absolute Gasteiger partial charge is 0.416 e. The molecule has 4 aromatic rings. The van der Waals surface area contributed by atoms with Gasteiger partial charge in [-0.05, 0) is 60.0 Å². The van der Waals surface area contributed by atoms with E-state index in [2.05, 4.69) is 15.1 Å². The fraction of sp³-hybridized carbons (Fsp3) is 0.200. The van der Waals surface area contributed by atoms with E-state index in [1.54, 1.807) is 48.5 Å². The number of aliphatic hydroxyl groups is 1. The molecule has 0 aliphatic heterocycles. The number of benzene rings is 2. The second kappa shape index (κ2) is 13.4. The lowest BCUT2D eigenvalue weighted by Crippen LogP contribution is -2.79. The van der Waals surface area contributed by atoms with Crippen LogP contribution in [0, 0.1) is 5.53 Å². The van der Waals surface area contributed by atoms with Gasteiger partial charge in [0.05, 0.1) is 11.1 Å². The lowest BCUT2D eigenvalue weighted by atomic mass is 9.86. The third-order valence-corrected chi connectivity index (χ3v) is 7.03. The minimum atomic E-state index is -5.00. The zero-order chi connectivity index (χ0) is 31.2. The molecule has 1 unspecified atom stereocenters. The molecule has 0 bridgehead atoms. The lowest BCUT2D eigenvalue weighted by Gasteiger charge is -2.21. The molecule has 0 saturated carbocycles. The quantitative estimate of drug-likeness (QED) is 0.128. The molecule has 0 saturated heterocycles. The molecule has 13 heteroatoms. The highest BCUT2D eigenvalue weighted by molar-refractivity contribution is 6.31. The number of halogens is 7. The smallest absolute Gasteiger partial charge is 0.396 e. The first kappa shape index (κ1) is 31.8. The van der Waals surface area contributed by atoms with Gasteiger partial charge in [-0.2, -0.15) is 31.5 Å². The van der Waals surface area contributed by atoms with Gasteiger partial charge in [0.15, 0.2) is 11.4 Å². The zero-order valence-corrected chi connectivity index (χ0v) is 23.0. The molecule has 224 valence electrons. The summed E-state index contributed by atoms with van der Waals surface area (Å²) in [6.07, 6.45) is -5.37. The summed E-state index contributed by atoms with van der Waals surface area (Å²) in [5.74, 6) is -0.476. The molecule has 4 N–H and O–H groups in total. The molecule has 0 fully saturated rings. The Kier molecular flexibility index (Phi) is 9.95. The summed E-state index contributed by atoms with van der Waals surface area (Å²) < 4.78 is 80.9. The van der Waals surface area contributed by atoms with Gasteiger partial charge in [-0.1, -0.05) is 35.9 Å². The van der Waals surface area contributed by atoms with Gasteiger partial charge in [0.1, 0.15) is 12.2 Å². The van der Waals surface area contributed by atoms with Gasteiger partial charge in [0.25, 0.3) is 0 Å². The SMILES string of the molecule is N=N/C(=C(\[NH2+]Cc1cc(C(F)(F)F)cc(C(F)(F)F)c1)c1ccncc1)c1ncccc1C(CCO)c1ccccc1Cl. The van der Waals surface area contributed by atoms with Crippen LogP contribution in [-0.2, 0) is 18.9 Å². The molecule has 43 heavy (non-hydrogen) atoms. The topological polar surface area (TPSA) is 98.8 Å². The number of alkyl halides is 6. The van der Waals surface area contributed by atoms with Crippen LogP contribution in [-0.4, -0.2) is 21.7 Å². The van der Waals surface area contributed by atoms with Crippen LogP contribution in [0.4, 0.5) is 26.3 Å². The van der Waals surface area contributed by atoms with Crippen molar-refractivity contribution >= 4 is 23.0 Å². The molecular formula is C30H25ClF6N5O+. The van der Waals surface area contributed by atoms with Gasteiger partial charge in [-0.3, -0.25) is 9.97 Å². The number of quaternary nitrogens is 1. The molecule has 0 spiro atoms. The number of hydrogen-bond acceptors (Lipinski definition) is 5. The van der Waals surface area contributed by atoms with Crippen molar-refractivity contribution in [1.82, 2.24) is 9.97 Å². The minimum Gasteiger partial charge on any atom is -0.396 e. The van der Waals surface area contributed by atoms with E-state index in [1.165, 1.54) is 23.9 Å². The van der Waals surface area contributed by atoms with Crippen molar-refractivity contribution in [2.24, 2.45) is 5.11 Å². The van der Waals surface area contributed by atoms with Crippen molar-refractivity contribution in [1.29, 1.82) is 5.53 Å². The van der Waals surface area contributed by atoms with Gasteiger partial charge in [0.2, 0.25) is 0 Å². The maximum atomic E-state index is 13.5. The van der Waals surface area contributed by atoms with E-state index in [9.17, 15) is 31.4 Å². The lowest BCUT2D eigenvalue weighted by molar-refractivity contribution is -0.579. The average Bonchev–Trinajstić information content (AvgIpc) is 2.98. The van der Waals surface area contributed by atoms with Gasteiger partial charge in [0, 0.05) is 47.3 Å². The number of pyridine rings is 2. The second-order valence-electron chi connectivity index (χ2n) is 9.46. The van der Waals surface area contributed by atoms with E-state index in [4.69, 9.17) is 17.1 Å². The third-order valence-electron chi connectivity index (χ3n) is 6.68. The summed E-state index contributed by atoms with van der Waals surface area (Å²) in [5, 5.41) is 15.5. The predicted octanol–water partition coefficient (Wildman–Crippen LogP) is 7.30. The summed E-state index contributed by atoms with van der Waals surface area (Å²) in [5.41, 5.74) is 7.20. The van der Waals surface area contributed by atoms with Crippen molar-refractivity contribution in [2.75, 3.05) is 6.61 Å². The Balaban J connectivity index is 1.87. The standard InChI is InChI=1S/C30H24ClF6N5O/c31-25-6-2-1-4-23(25)22(9-13-43)24-5-3-10-40-27(24)28(42-38)26(19-7-11-39-12-8-19)41-17-18-14-20(29(32,33)34)16-21(15-18)30(35,36)37/h1-8,10-12,14-16,22,38,41,43H,9,13,17H2/p+1/b28-26-,42-38?. The maximum absolute atomic E-state index is 13.5. The number of nitrogens with two attached hydrogens (primary N) is 1. The molecule has 2 aromatic heterocycles. The Morgan fingerprint density at radius 3 is 2.09 bits per heavy atom. The fourth-order valence-corrected chi connectivity index (χ4v) is 5.01. The van der Waals surface area contributed by atoms with Crippen molar-refractivity contribution in [2.45, 2.75) is 31.2 Å². The molecule has 0 aliphatic carbocycles. The van der Waals surface area contributed by atoms with Crippen LogP contribution in [0.1, 0.15) is 51.4 Å². The Hall–Kier alpha value is -4.13. The molecule has 4 rings (SSSR count). The van der Waals surface area contributed by atoms with Crippen LogP contribution >= 0.6 is 11.6 Å². The third kappa shape index (κ3) is 7.64. The van der Waals surface area contributed by atoms with Crippen molar-refractivity contribution in [3.8, 4) is 0 Å².